The Morgan fingerprint density at radius 3 is 2.28 bits per heavy atom. The average Bonchev–Trinajstić information content (AvgIpc) is 3.52. The van der Waals surface area contributed by atoms with Crippen molar-refractivity contribution < 1.29 is 28.3 Å². The van der Waals surface area contributed by atoms with Gasteiger partial charge in [-0.1, -0.05) is 5.16 Å². The molecular formula is C23H25N3O6. The van der Waals surface area contributed by atoms with Crippen LogP contribution in [-0.2, 0) is 0 Å². The lowest BCUT2D eigenvalue weighted by Gasteiger charge is -2.22. The largest absolute Gasteiger partial charge is 0.493 e. The van der Waals surface area contributed by atoms with Crippen LogP contribution in [0, 0.1) is 0 Å². The molecule has 0 radical (unpaired) electrons. The average molecular weight is 439 g/mol. The molecule has 0 saturated carbocycles. The van der Waals surface area contributed by atoms with Crippen molar-refractivity contribution in [1.82, 2.24) is 15.0 Å². The highest BCUT2D eigenvalue weighted by Gasteiger charge is 2.35. The summed E-state index contributed by atoms with van der Waals surface area (Å²) in [6.45, 7) is 0.603. The van der Waals surface area contributed by atoms with Gasteiger partial charge in [-0.05, 0) is 49.2 Å². The standard InChI is InChI=1S/C23H25N3O6/c1-28-17-9-7-14(12-19(17)30-3)21-24-22(32-25-21)16-6-5-11-26(16)23(27)15-8-10-18(29-2)20(13-15)31-4/h7-10,12-13,16H,5-6,11H2,1-4H3/t16-/m0/s1. The molecule has 2 heterocycles. The molecule has 9 heteroatoms. The number of methoxy groups -OCH3 is 4. The van der Waals surface area contributed by atoms with Gasteiger partial charge in [-0.25, -0.2) is 0 Å². The molecule has 1 fully saturated rings. The van der Waals surface area contributed by atoms with E-state index in [4.69, 9.17) is 23.5 Å². The number of benzene rings is 2. The monoisotopic (exact) mass is 439 g/mol. The number of carbonyl (C=O) groups is 1. The second-order valence-corrected chi connectivity index (χ2v) is 7.25. The molecule has 0 spiro atoms. The van der Waals surface area contributed by atoms with Crippen LogP contribution in [0.3, 0.4) is 0 Å². The van der Waals surface area contributed by atoms with Crippen molar-refractivity contribution in [2.24, 2.45) is 0 Å². The molecule has 1 amide bonds. The fraction of sp³-hybridized carbons (Fsp3) is 0.348. The smallest absolute Gasteiger partial charge is 0.254 e. The van der Waals surface area contributed by atoms with Gasteiger partial charge in [-0.3, -0.25) is 4.79 Å². The van der Waals surface area contributed by atoms with Crippen molar-refractivity contribution >= 4 is 5.91 Å². The second kappa shape index (κ2) is 9.17. The number of rotatable bonds is 7. The first-order valence-electron chi connectivity index (χ1n) is 10.2. The maximum absolute atomic E-state index is 13.2. The molecule has 1 aromatic heterocycles. The van der Waals surface area contributed by atoms with Crippen LogP contribution in [-0.4, -0.2) is 55.9 Å². The van der Waals surface area contributed by atoms with Crippen molar-refractivity contribution in [3.8, 4) is 34.4 Å². The van der Waals surface area contributed by atoms with Gasteiger partial charge in [-0.2, -0.15) is 4.98 Å². The Labute approximate surface area is 185 Å². The van der Waals surface area contributed by atoms with Crippen LogP contribution in [0.1, 0.15) is 35.1 Å². The zero-order valence-electron chi connectivity index (χ0n) is 18.5. The quantitative estimate of drug-likeness (QED) is 0.549. The molecule has 4 rings (SSSR count). The minimum Gasteiger partial charge on any atom is -0.493 e. The number of hydrogen-bond donors (Lipinski definition) is 0. The molecular weight excluding hydrogens is 414 g/mol. The number of likely N-dealkylation sites (tertiary alicyclic amines) is 1. The van der Waals surface area contributed by atoms with E-state index in [-0.39, 0.29) is 11.9 Å². The highest BCUT2D eigenvalue weighted by Crippen LogP contribution is 2.36. The molecule has 2 aromatic carbocycles. The first-order chi connectivity index (χ1) is 15.6. The Kier molecular flexibility index (Phi) is 6.16. The van der Waals surface area contributed by atoms with E-state index < -0.39 is 0 Å². The molecule has 0 N–H and O–H groups in total. The lowest BCUT2D eigenvalue weighted by atomic mass is 10.1. The fourth-order valence-electron chi connectivity index (χ4n) is 3.86. The predicted molar refractivity (Wildman–Crippen MR) is 115 cm³/mol. The van der Waals surface area contributed by atoms with Gasteiger partial charge in [0, 0.05) is 17.7 Å². The molecule has 0 bridgehead atoms. The van der Waals surface area contributed by atoms with E-state index in [1.165, 1.54) is 0 Å². The second-order valence-electron chi connectivity index (χ2n) is 7.25. The van der Waals surface area contributed by atoms with Crippen LogP contribution in [0.4, 0.5) is 0 Å². The minimum atomic E-state index is -0.294. The molecule has 3 aromatic rings. The van der Waals surface area contributed by atoms with Gasteiger partial charge < -0.3 is 28.4 Å². The highest BCUT2D eigenvalue weighted by atomic mass is 16.5. The van der Waals surface area contributed by atoms with Crippen molar-refractivity contribution in [3.05, 3.63) is 47.9 Å². The molecule has 1 aliphatic heterocycles. The number of carbonyl (C=O) groups excluding carboxylic acids is 1. The molecule has 168 valence electrons. The van der Waals surface area contributed by atoms with Gasteiger partial charge in [-0.15, -0.1) is 0 Å². The maximum atomic E-state index is 13.2. The van der Waals surface area contributed by atoms with Gasteiger partial charge >= 0.3 is 0 Å². The van der Waals surface area contributed by atoms with Crippen molar-refractivity contribution in [1.29, 1.82) is 0 Å². The fourth-order valence-corrected chi connectivity index (χ4v) is 3.86. The molecule has 1 saturated heterocycles. The molecule has 32 heavy (non-hydrogen) atoms. The summed E-state index contributed by atoms with van der Waals surface area (Å²) in [7, 11) is 6.24. The number of nitrogens with zero attached hydrogens (tertiary/aromatic N) is 3. The minimum absolute atomic E-state index is 0.126. The highest BCUT2D eigenvalue weighted by molar-refractivity contribution is 5.95. The number of hydrogen-bond acceptors (Lipinski definition) is 8. The first-order valence-corrected chi connectivity index (χ1v) is 10.2. The summed E-state index contributed by atoms with van der Waals surface area (Å²) in [4.78, 5) is 19.6. The SMILES string of the molecule is COc1ccc(C(=O)N2CCC[C@H]2c2nc(-c3ccc(OC)c(OC)c3)no2)cc1OC. The van der Waals surface area contributed by atoms with Gasteiger partial charge in [0.1, 0.15) is 6.04 Å². The molecule has 0 unspecified atom stereocenters. The number of amides is 1. The summed E-state index contributed by atoms with van der Waals surface area (Å²) in [6, 6.07) is 10.2. The van der Waals surface area contributed by atoms with E-state index in [2.05, 4.69) is 10.1 Å². The summed E-state index contributed by atoms with van der Waals surface area (Å²) < 4.78 is 26.8. The first kappa shape index (κ1) is 21.5. The summed E-state index contributed by atoms with van der Waals surface area (Å²) in [6.07, 6.45) is 1.59. The van der Waals surface area contributed by atoms with Crippen molar-refractivity contribution in [2.45, 2.75) is 18.9 Å². The topological polar surface area (TPSA) is 96.2 Å². The van der Waals surface area contributed by atoms with Gasteiger partial charge in [0.2, 0.25) is 11.7 Å². The van der Waals surface area contributed by atoms with Crippen LogP contribution in [0.2, 0.25) is 0 Å². The summed E-state index contributed by atoms with van der Waals surface area (Å²) >= 11 is 0. The van der Waals surface area contributed by atoms with Crippen LogP contribution < -0.4 is 18.9 Å². The third-order valence-corrected chi connectivity index (χ3v) is 5.51. The Hall–Kier alpha value is -3.75. The summed E-state index contributed by atoms with van der Waals surface area (Å²) in [5.41, 5.74) is 1.24. The van der Waals surface area contributed by atoms with E-state index in [1.807, 2.05) is 6.07 Å². The van der Waals surface area contributed by atoms with Crippen molar-refractivity contribution in [3.63, 3.8) is 0 Å². The zero-order chi connectivity index (χ0) is 22.7. The third-order valence-electron chi connectivity index (χ3n) is 5.51. The number of aromatic nitrogens is 2. The normalized spacial score (nSPS) is 15.5. The van der Waals surface area contributed by atoms with E-state index in [9.17, 15) is 4.79 Å². The lowest BCUT2D eigenvalue weighted by Crippen LogP contribution is -2.30. The summed E-state index contributed by atoms with van der Waals surface area (Å²) in [5.74, 6) is 2.96. The maximum Gasteiger partial charge on any atom is 0.254 e. The van der Waals surface area contributed by atoms with Crippen LogP contribution in [0.25, 0.3) is 11.4 Å². The summed E-state index contributed by atoms with van der Waals surface area (Å²) in [5, 5.41) is 4.12. The lowest BCUT2D eigenvalue weighted by molar-refractivity contribution is 0.0709. The van der Waals surface area contributed by atoms with Gasteiger partial charge in [0.25, 0.3) is 5.91 Å². The Balaban J connectivity index is 1.58. The predicted octanol–water partition coefficient (Wildman–Crippen LogP) is 3.75. The Morgan fingerprint density at radius 2 is 1.59 bits per heavy atom. The zero-order valence-corrected chi connectivity index (χ0v) is 18.5. The molecule has 1 atom stereocenters. The Bertz CT molecular complexity index is 1110. The third kappa shape index (κ3) is 3.93. The van der Waals surface area contributed by atoms with Crippen LogP contribution in [0.5, 0.6) is 23.0 Å². The van der Waals surface area contributed by atoms with Crippen LogP contribution >= 0.6 is 0 Å². The Morgan fingerprint density at radius 1 is 0.938 bits per heavy atom. The number of ether oxygens (including phenoxy) is 4. The van der Waals surface area contributed by atoms with Gasteiger partial charge in [0.15, 0.2) is 23.0 Å². The molecule has 0 aliphatic carbocycles. The van der Waals surface area contributed by atoms with Crippen LogP contribution in [0.15, 0.2) is 40.9 Å². The van der Waals surface area contributed by atoms with E-state index >= 15 is 0 Å². The molecule has 1 aliphatic rings. The van der Waals surface area contributed by atoms with E-state index in [0.29, 0.717) is 46.8 Å². The van der Waals surface area contributed by atoms with E-state index in [1.54, 1.807) is 63.7 Å². The molecule has 9 nitrogen and oxygen atoms in total. The van der Waals surface area contributed by atoms with E-state index in [0.717, 1.165) is 18.4 Å². The van der Waals surface area contributed by atoms with Gasteiger partial charge in [0.05, 0.1) is 28.4 Å². The van der Waals surface area contributed by atoms with Crippen molar-refractivity contribution in [2.75, 3.05) is 35.0 Å².